The first-order chi connectivity index (χ1) is 12.2. The lowest BCUT2D eigenvalue weighted by atomic mass is 9.89. The summed E-state index contributed by atoms with van der Waals surface area (Å²) in [5, 5.41) is 14.1. The van der Waals surface area contributed by atoms with E-state index in [2.05, 4.69) is 5.32 Å². The van der Waals surface area contributed by atoms with Gasteiger partial charge in [-0.25, -0.2) is 0 Å². The van der Waals surface area contributed by atoms with Gasteiger partial charge in [-0.05, 0) is 38.5 Å². The van der Waals surface area contributed by atoms with Gasteiger partial charge in [0.25, 0.3) is 11.6 Å². The van der Waals surface area contributed by atoms with E-state index in [1.807, 2.05) is 39.0 Å². The number of nitro groups is 1. The minimum absolute atomic E-state index is 0.0822. The predicted molar refractivity (Wildman–Crippen MR) is 98.8 cm³/mol. The molecule has 26 heavy (non-hydrogen) atoms. The van der Waals surface area contributed by atoms with Crippen molar-refractivity contribution >= 4 is 23.2 Å². The number of carbonyl (C=O) groups is 1. The number of rotatable bonds is 3. The number of nitro benzene ring substituents is 1. The third kappa shape index (κ3) is 3.65. The number of nitrogens with zero attached hydrogens (tertiary/aromatic N) is 1. The molecule has 1 aliphatic heterocycles. The van der Waals surface area contributed by atoms with Gasteiger partial charge in [0.15, 0.2) is 0 Å². The van der Waals surface area contributed by atoms with Gasteiger partial charge in [-0.3, -0.25) is 14.9 Å². The topological polar surface area (TPSA) is 81.5 Å². The van der Waals surface area contributed by atoms with Gasteiger partial charge in [0.2, 0.25) is 0 Å². The van der Waals surface area contributed by atoms with E-state index in [0.29, 0.717) is 6.42 Å². The quantitative estimate of drug-likeness (QED) is 0.629. The second-order valence-corrected chi connectivity index (χ2v) is 7.46. The first-order valence-electron chi connectivity index (χ1n) is 8.21. The number of hydrogen-bond acceptors (Lipinski definition) is 4. The van der Waals surface area contributed by atoms with Crippen LogP contribution in [-0.4, -0.2) is 16.4 Å². The van der Waals surface area contributed by atoms with Crippen molar-refractivity contribution in [3.05, 3.63) is 68.2 Å². The molecule has 0 unspecified atom stereocenters. The molecule has 6 nitrogen and oxygen atoms in total. The zero-order valence-electron chi connectivity index (χ0n) is 14.7. The van der Waals surface area contributed by atoms with Crippen LogP contribution >= 0.6 is 11.6 Å². The SMILES string of the molecule is Cc1ccc2c(c1)OC(C)(C)C[C@@H]2NC(=O)c1cc([N+](=O)[O-])ccc1Cl. The molecule has 0 saturated heterocycles. The summed E-state index contributed by atoms with van der Waals surface area (Å²) < 4.78 is 6.03. The van der Waals surface area contributed by atoms with Crippen molar-refractivity contribution in [2.45, 2.75) is 38.8 Å². The first-order valence-corrected chi connectivity index (χ1v) is 8.58. The molecular weight excluding hydrogens is 356 g/mol. The van der Waals surface area contributed by atoms with Gasteiger partial charge >= 0.3 is 0 Å². The third-order valence-electron chi connectivity index (χ3n) is 4.34. The molecule has 1 N–H and O–H groups in total. The molecule has 0 aliphatic carbocycles. The molecule has 0 bridgehead atoms. The lowest BCUT2D eigenvalue weighted by molar-refractivity contribution is -0.384. The zero-order valence-corrected chi connectivity index (χ0v) is 15.5. The van der Waals surface area contributed by atoms with Gasteiger partial charge in [-0.2, -0.15) is 0 Å². The number of ether oxygens (including phenoxy) is 1. The number of carbonyl (C=O) groups excluding carboxylic acids is 1. The van der Waals surface area contributed by atoms with Gasteiger partial charge in [0.1, 0.15) is 11.4 Å². The summed E-state index contributed by atoms with van der Waals surface area (Å²) in [5.74, 6) is 0.282. The normalized spacial score (nSPS) is 17.8. The van der Waals surface area contributed by atoms with Crippen LogP contribution < -0.4 is 10.1 Å². The van der Waals surface area contributed by atoms with E-state index in [9.17, 15) is 14.9 Å². The van der Waals surface area contributed by atoms with E-state index in [1.165, 1.54) is 18.2 Å². The van der Waals surface area contributed by atoms with Crippen molar-refractivity contribution in [3.8, 4) is 5.75 Å². The van der Waals surface area contributed by atoms with Crippen LogP contribution in [-0.2, 0) is 0 Å². The first kappa shape index (κ1) is 18.2. The fourth-order valence-corrected chi connectivity index (χ4v) is 3.33. The maximum Gasteiger partial charge on any atom is 0.270 e. The Morgan fingerprint density at radius 1 is 1.31 bits per heavy atom. The monoisotopic (exact) mass is 374 g/mol. The highest BCUT2D eigenvalue weighted by molar-refractivity contribution is 6.34. The van der Waals surface area contributed by atoms with Crippen molar-refractivity contribution in [1.29, 1.82) is 0 Å². The van der Waals surface area contributed by atoms with Crippen molar-refractivity contribution in [1.82, 2.24) is 5.32 Å². The van der Waals surface area contributed by atoms with Crippen LogP contribution in [0.5, 0.6) is 5.75 Å². The van der Waals surface area contributed by atoms with Crippen LogP contribution in [0.4, 0.5) is 5.69 Å². The Morgan fingerprint density at radius 2 is 2.04 bits per heavy atom. The molecule has 0 aromatic heterocycles. The number of halogens is 1. The van der Waals surface area contributed by atoms with Crippen LogP contribution in [0.25, 0.3) is 0 Å². The van der Waals surface area contributed by atoms with E-state index in [0.717, 1.165) is 16.9 Å². The zero-order chi connectivity index (χ0) is 19.1. The Balaban J connectivity index is 1.93. The highest BCUT2D eigenvalue weighted by atomic mass is 35.5. The molecule has 2 aromatic carbocycles. The fraction of sp³-hybridized carbons (Fsp3) is 0.316. The average molecular weight is 375 g/mol. The largest absolute Gasteiger partial charge is 0.487 e. The number of benzene rings is 2. The second kappa shape index (κ2) is 6.61. The van der Waals surface area contributed by atoms with Crippen molar-refractivity contribution in [3.63, 3.8) is 0 Å². The maximum absolute atomic E-state index is 12.7. The lowest BCUT2D eigenvalue weighted by Gasteiger charge is -2.38. The summed E-state index contributed by atoms with van der Waals surface area (Å²) >= 11 is 6.08. The number of nitrogens with one attached hydrogen (secondary N) is 1. The van der Waals surface area contributed by atoms with Crippen LogP contribution in [0.1, 0.15) is 47.8 Å². The third-order valence-corrected chi connectivity index (χ3v) is 4.67. The van der Waals surface area contributed by atoms with Crippen molar-refractivity contribution in [2.75, 3.05) is 0 Å². The van der Waals surface area contributed by atoms with Crippen molar-refractivity contribution in [2.24, 2.45) is 0 Å². The molecule has 1 atom stereocenters. The number of aryl methyl sites for hydroxylation is 1. The van der Waals surface area contributed by atoms with E-state index in [1.54, 1.807) is 0 Å². The summed E-state index contributed by atoms with van der Waals surface area (Å²) in [5.41, 5.74) is 1.39. The van der Waals surface area contributed by atoms with Gasteiger partial charge < -0.3 is 10.1 Å². The number of amides is 1. The maximum atomic E-state index is 12.7. The van der Waals surface area contributed by atoms with Crippen LogP contribution in [0.15, 0.2) is 36.4 Å². The van der Waals surface area contributed by atoms with E-state index in [4.69, 9.17) is 16.3 Å². The predicted octanol–water partition coefficient (Wildman–Crippen LogP) is 4.59. The Labute approximate surface area is 156 Å². The molecule has 0 spiro atoms. The fourth-order valence-electron chi connectivity index (χ4n) is 3.12. The van der Waals surface area contributed by atoms with Crippen LogP contribution in [0, 0.1) is 17.0 Å². The van der Waals surface area contributed by atoms with Gasteiger partial charge in [0, 0.05) is 24.1 Å². The van der Waals surface area contributed by atoms with Gasteiger partial charge in [-0.15, -0.1) is 0 Å². The summed E-state index contributed by atoms with van der Waals surface area (Å²) in [4.78, 5) is 23.2. The minimum Gasteiger partial charge on any atom is -0.487 e. The van der Waals surface area contributed by atoms with E-state index < -0.39 is 16.4 Å². The van der Waals surface area contributed by atoms with E-state index in [-0.39, 0.29) is 22.3 Å². The Hall–Kier alpha value is -2.60. The Bertz CT molecular complexity index is 895. The summed E-state index contributed by atoms with van der Waals surface area (Å²) in [6.45, 7) is 5.89. The molecule has 136 valence electrons. The summed E-state index contributed by atoms with van der Waals surface area (Å²) in [6.07, 6.45) is 0.571. The second-order valence-electron chi connectivity index (χ2n) is 7.05. The molecule has 1 heterocycles. The molecule has 0 radical (unpaired) electrons. The summed E-state index contributed by atoms with van der Waals surface area (Å²) in [6, 6.07) is 9.37. The summed E-state index contributed by atoms with van der Waals surface area (Å²) in [7, 11) is 0. The number of non-ortho nitro benzene ring substituents is 1. The van der Waals surface area contributed by atoms with Crippen molar-refractivity contribution < 1.29 is 14.5 Å². The lowest BCUT2D eigenvalue weighted by Crippen LogP contribution is -2.41. The number of fused-ring (bicyclic) bond motifs is 1. The van der Waals surface area contributed by atoms with Gasteiger partial charge in [-0.1, -0.05) is 23.7 Å². The van der Waals surface area contributed by atoms with Crippen LogP contribution in [0.3, 0.4) is 0 Å². The molecule has 0 saturated carbocycles. The smallest absolute Gasteiger partial charge is 0.270 e. The molecule has 1 amide bonds. The van der Waals surface area contributed by atoms with Crippen LogP contribution in [0.2, 0.25) is 5.02 Å². The minimum atomic E-state index is -0.553. The average Bonchev–Trinajstić information content (AvgIpc) is 2.53. The molecule has 0 fully saturated rings. The molecule has 1 aliphatic rings. The highest BCUT2D eigenvalue weighted by Gasteiger charge is 2.35. The van der Waals surface area contributed by atoms with Gasteiger partial charge in [0.05, 0.1) is 21.6 Å². The standard InChI is InChI=1S/C19H19ClN2O4/c1-11-4-6-13-16(10-19(2,3)26-17(13)8-11)21-18(23)14-9-12(22(24)25)5-7-15(14)20/h4-9,16H,10H2,1-3H3,(H,21,23)/t16-/m0/s1. The molecule has 2 aromatic rings. The molecule has 7 heteroatoms. The Morgan fingerprint density at radius 3 is 2.73 bits per heavy atom. The molecular formula is C19H19ClN2O4. The van der Waals surface area contributed by atoms with E-state index >= 15 is 0 Å². The number of hydrogen-bond donors (Lipinski definition) is 1. The Kier molecular flexibility index (Phi) is 4.63. The molecule has 3 rings (SSSR count). The highest BCUT2D eigenvalue weighted by Crippen LogP contribution is 2.40.